The first-order valence-corrected chi connectivity index (χ1v) is 6.16. The maximum atomic E-state index is 13.4. The first-order chi connectivity index (χ1) is 9.04. The summed E-state index contributed by atoms with van der Waals surface area (Å²) < 4.78 is 23.1. The maximum absolute atomic E-state index is 13.4. The molecule has 0 aliphatic rings. The van der Waals surface area contributed by atoms with Gasteiger partial charge in [0.2, 0.25) is 0 Å². The summed E-state index contributed by atoms with van der Waals surface area (Å²) in [6, 6.07) is 4.27. The Morgan fingerprint density at radius 2 is 2.05 bits per heavy atom. The molecular formula is C13H14ClFO4. The lowest BCUT2D eigenvalue weighted by Gasteiger charge is -2.07. The smallest absolute Gasteiger partial charge is 0.306 e. The number of rotatable bonds is 7. The van der Waals surface area contributed by atoms with Crippen LogP contribution in [0.25, 0.3) is 0 Å². The van der Waals surface area contributed by atoms with Crippen LogP contribution in [0, 0.1) is 5.82 Å². The van der Waals surface area contributed by atoms with E-state index in [0.717, 1.165) is 0 Å². The van der Waals surface area contributed by atoms with E-state index in [9.17, 15) is 14.0 Å². The fourth-order valence-corrected chi connectivity index (χ4v) is 1.47. The number of benzene rings is 1. The summed E-state index contributed by atoms with van der Waals surface area (Å²) in [6.45, 7) is 1.65. The number of Topliss-reactive ketones (excluding diaryl/α,β-unsaturated/α-hetero) is 1. The standard InChI is InChI=1S/C13H14ClFO4/c1-2-18-12(17)7-6-9(16)8-19-11-5-3-4-10(14)13(11)15/h3-5H,2,6-8H2,1H3. The second-order valence-electron chi connectivity index (χ2n) is 3.68. The molecule has 0 aromatic heterocycles. The van der Waals surface area contributed by atoms with Crippen LogP contribution in [-0.2, 0) is 14.3 Å². The Labute approximate surface area is 115 Å². The van der Waals surface area contributed by atoms with E-state index in [1.807, 2.05) is 0 Å². The van der Waals surface area contributed by atoms with Crippen molar-refractivity contribution in [1.82, 2.24) is 0 Å². The monoisotopic (exact) mass is 288 g/mol. The van der Waals surface area contributed by atoms with Crippen molar-refractivity contribution in [1.29, 1.82) is 0 Å². The lowest BCUT2D eigenvalue weighted by atomic mass is 10.2. The van der Waals surface area contributed by atoms with Crippen molar-refractivity contribution in [3.05, 3.63) is 29.0 Å². The van der Waals surface area contributed by atoms with Crippen LogP contribution in [0.1, 0.15) is 19.8 Å². The summed E-state index contributed by atoms with van der Waals surface area (Å²) in [4.78, 5) is 22.5. The summed E-state index contributed by atoms with van der Waals surface area (Å²) in [5.41, 5.74) is 0. The largest absolute Gasteiger partial charge is 0.483 e. The first kappa shape index (κ1) is 15.4. The van der Waals surface area contributed by atoms with Crippen LogP contribution in [0.4, 0.5) is 4.39 Å². The molecule has 19 heavy (non-hydrogen) atoms. The molecule has 0 fully saturated rings. The summed E-state index contributed by atoms with van der Waals surface area (Å²) in [5, 5.41) is -0.0727. The van der Waals surface area contributed by atoms with Gasteiger partial charge in [-0.2, -0.15) is 0 Å². The molecule has 0 saturated heterocycles. The van der Waals surface area contributed by atoms with Crippen molar-refractivity contribution in [2.75, 3.05) is 13.2 Å². The Kier molecular flexibility index (Phi) is 6.29. The van der Waals surface area contributed by atoms with Crippen molar-refractivity contribution in [3.8, 4) is 5.75 Å². The van der Waals surface area contributed by atoms with Gasteiger partial charge in [0.05, 0.1) is 18.1 Å². The Bertz CT molecular complexity index is 462. The zero-order valence-corrected chi connectivity index (χ0v) is 11.2. The molecule has 0 N–H and O–H groups in total. The highest BCUT2D eigenvalue weighted by molar-refractivity contribution is 6.30. The Morgan fingerprint density at radius 3 is 2.74 bits per heavy atom. The normalized spacial score (nSPS) is 10.1. The van der Waals surface area contributed by atoms with Crippen LogP contribution >= 0.6 is 11.6 Å². The van der Waals surface area contributed by atoms with Crippen molar-refractivity contribution in [3.63, 3.8) is 0 Å². The van der Waals surface area contributed by atoms with E-state index in [2.05, 4.69) is 4.74 Å². The lowest BCUT2D eigenvalue weighted by molar-refractivity contribution is -0.144. The topological polar surface area (TPSA) is 52.6 Å². The van der Waals surface area contributed by atoms with E-state index in [0.29, 0.717) is 0 Å². The number of carbonyl (C=O) groups is 2. The molecule has 0 aliphatic carbocycles. The van der Waals surface area contributed by atoms with E-state index >= 15 is 0 Å². The van der Waals surface area contributed by atoms with E-state index in [4.69, 9.17) is 16.3 Å². The van der Waals surface area contributed by atoms with Crippen molar-refractivity contribution >= 4 is 23.4 Å². The minimum absolute atomic E-state index is 0.00101. The van der Waals surface area contributed by atoms with E-state index in [1.165, 1.54) is 18.2 Å². The van der Waals surface area contributed by atoms with E-state index < -0.39 is 11.8 Å². The molecule has 0 amide bonds. The summed E-state index contributed by atoms with van der Waals surface area (Å²) in [5.74, 6) is -1.54. The van der Waals surface area contributed by atoms with Crippen LogP contribution < -0.4 is 4.74 Å². The second kappa shape index (κ2) is 7.74. The predicted octanol–water partition coefficient (Wildman–Crippen LogP) is 2.77. The number of ether oxygens (including phenoxy) is 2. The second-order valence-corrected chi connectivity index (χ2v) is 4.09. The predicted molar refractivity (Wildman–Crippen MR) is 67.8 cm³/mol. The zero-order valence-electron chi connectivity index (χ0n) is 10.4. The minimum atomic E-state index is -0.706. The summed E-state index contributed by atoms with van der Waals surface area (Å²) in [6.07, 6.45) is -0.00488. The third-order valence-corrected chi connectivity index (χ3v) is 2.51. The van der Waals surface area contributed by atoms with Crippen LogP contribution in [-0.4, -0.2) is 25.0 Å². The van der Waals surface area contributed by atoms with Crippen molar-refractivity contribution in [2.45, 2.75) is 19.8 Å². The molecule has 0 heterocycles. The molecule has 1 aromatic rings. The molecule has 0 aliphatic heterocycles. The molecule has 1 rings (SSSR count). The van der Waals surface area contributed by atoms with Crippen LogP contribution in [0.5, 0.6) is 5.75 Å². The molecule has 0 radical (unpaired) electrons. The van der Waals surface area contributed by atoms with E-state index in [1.54, 1.807) is 6.92 Å². The minimum Gasteiger partial charge on any atom is -0.483 e. The van der Waals surface area contributed by atoms with Gasteiger partial charge in [-0.3, -0.25) is 9.59 Å². The fourth-order valence-electron chi connectivity index (χ4n) is 1.30. The van der Waals surface area contributed by atoms with Gasteiger partial charge in [-0.1, -0.05) is 17.7 Å². The van der Waals surface area contributed by atoms with Gasteiger partial charge in [-0.15, -0.1) is 0 Å². The average molecular weight is 289 g/mol. The van der Waals surface area contributed by atoms with Gasteiger partial charge in [0, 0.05) is 6.42 Å². The molecule has 0 atom stereocenters. The summed E-state index contributed by atoms with van der Waals surface area (Å²) >= 11 is 5.57. The quantitative estimate of drug-likeness (QED) is 0.724. The first-order valence-electron chi connectivity index (χ1n) is 5.78. The third kappa shape index (κ3) is 5.26. The highest BCUT2D eigenvalue weighted by atomic mass is 35.5. The highest BCUT2D eigenvalue weighted by Gasteiger charge is 2.11. The van der Waals surface area contributed by atoms with Crippen molar-refractivity contribution < 1.29 is 23.5 Å². The Morgan fingerprint density at radius 1 is 1.32 bits per heavy atom. The third-order valence-electron chi connectivity index (χ3n) is 2.22. The lowest BCUT2D eigenvalue weighted by Crippen LogP contribution is -2.14. The van der Waals surface area contributed by atoms with E-state index in [-0.39, 0.29) is 42.6 Å². The molecule has 0 spiro atoms. The van der Waals surface area contributed by atoms with Crippen molar-refractivity contribution in [2.24, 2.45) is 0 Å². The molecule has 4 nitrogen and oxygen atoms in total. The average Bonchev–Trinajstić information content (AvgIpc) is 2.38. The highest BCUT2D eigenvalue weighted by Crippen LogP contribution is 2.23. The van der Waals surface area contributed by atoms with Gasteiger partial charge in [0.15, 0.2) is 17.3 Å². The summed E-state index contributed by atoms with van der Waals surface area (Å²) in [7, 11) is 0. The van der Waals surface area contributed by atoms with Gasteiger partial charge in [-0.05, 0) is 19.1 Å². The van der Waals surface area contributed by atoms with Gasteiger partial charge in [0.1, 0.15) is 6.61 Å². The molecule has 104 valence electrons. The molecule has 1 aromatic carbocycles. The van der Waals surface area contributed by atoms with Gasteiger partial charge in [-0.25, -0.2) is 4.39 Å². The van der Waals surface area contributed by atoms with Gasteiger partial charge < -0.3 is 9.47 Å². The number of carbonyl (C=O) groups excluding carboxylic acids is 2. The molecular weight excluding hydrogens is 275 g/mol. The van der Waals surface area contributed by atoms with Crippen LogP contribution in [0.2, 0.25) is 5.02 Å². The number of hydrogen-bond donors (Lipinski definition) is 0. The number of hydrogen-bond acceptors (Lipinski definition) is 4. The Balaban J connectivity index is 2.38. The SMILES string of the molecule is CCOC(=O)CCC(=O)COc1cccc(Cl)c1F. The molecule has 0 saturated carbocycles. The molecule has 6 heteroatoms. The van der Waals surface area contributed by atoms with Gasteiger partial charge in [0.25, 0.3) is 0 Å². The van der Waals surface area contributed by atoms with Crippen LogP contribution in [0.15, 0.2) is 18.2 Å². The number of esters is 1. The number of halogens is 2. The zero-order chi connectivity index (χ0) is 14.3. The Hall–Kier alpha value is -1.62. The molecule has 0 bridgehead atoms. The maximum Gasteiger partial charge on any atom is 0.306 e. The number of ketones is 1. The van der Waals surface area contributed by atoms with Gasteiger partial charge >= 0.3 is 5.97 Å². The molecule has 0 unspecified atom stereocenters. The van der Waals surface area contributed by atoms with Crippen LogP contribution in [0.3, 0.4) is 0 Å². The fraction of sp³-hybridized carbons (Fsp3) is 0.385.